The van der Waals surface area contributed by atoms with E-state index in [0.29, 0.717) is 27.4 Å². The average Bonchev–Trinajstić information content (AvgIpc) is 3.16. The number of carbonyl (C=O) groups excluding carboxylic acids is 2. The first-order valence-electron chi connectivity index (χ1n) is 11.0. The number of hydrogen-bond acceptors (Lipinski definition) is 9. The van der Waals surface area contributed by atoms with Crippen molar-refractivity contribution in [1.29, 1.82) is 0 Å². The Labute approximate surface area is 214 Å². The fraction of sp³-hybridized carbons (Fsp3) is 0.154. The summed E-state index contributed by atoms with van der Waals surface area (Å²) in [6.07, 6.45) is 2.98. The van der Waals surface area contributed by atoms with Gasteiger partial charge < -0.3 is 9.47 Å². The Kier molecular flexibility index (Phi) is 7.25. The molecule has 0 fully saturated rings. The summed E-state index contributed by atoms with van der Waals surface area (Å²) in [5.74, 6) is -0.819. The number of carbonyl (C=O) groups is 2. The lowest BCUT2D eigenvalue weighted by Crippen LogP contribution is -2.39. The highest BCUT2D eigenvalue weighted by Crippen LogP contribution is 2.31. The van der Waals surface area contributed by atoms with E-state index in [4.69, 9.17) is 9.47 Å². The third-order valence-corrected chi connectivity index (χ3v) is 6.39. The van der Waals surface area contributed by atoms with Crippen LogP contribution in [0.5, 0.6) is 5.75 Å². The third kappa shape index (κ3) is 5.31. The number of allylic oxidation sites excluding steroid dienone is 1. The van der Waals surface area contributed by atoms with Crippen LogP contribution in [0.15, 0.2) is 82.2 Å². The summed E-state index contributed by atoms with van der Waals surface area (Å²) in [5.41, 5.74) is 1.07. The summed E-state index contributed by atoms with van der Waals surface area (Å²) >= 11 is 1.10. The number of thiazole rings is 1. The van der Waals surface area contributed by atoms with Gasteiger partial charge in [-0.15, -0.1) is 0 Å². The molecule has 3 aromatic rings. The number of nitro groups is 1. The number of non-ortho nitro benzene ring substituents is 1. The Morgan fingerprint density at radius 1 is 1.24 bits per heavy atom. The number of ether oxygens (including phenoxy) is 2. The first-order valence-corrected chi connectivity index (χ1v) is 11.8. The van der Waals surface area contributed by atoms with E-state index >= 15 is 0 Å². The maximum Gasteiger partial charge on any atom is 0.338 e. The van der Waals surface area contributed by atoms with Gasteiger partial charge in [-0.05, 0) is 36.3 Å². The van der Waals surface area contributed by atoms with Crippen LogP contribution in [0.1, 0.15) is 31.0 Å². The van der Waals surface area contributed by atoms with Crippen molar-refractivity contribution in [2.45, 2.75) is 19.9 Å². The molecule has 1 aromatic heterocycles. The molecule has 2 heterocycles. The van der Waals surface area contributed by atoms with Gasteiger partial charge in [0.1, 0.15) is 12.4 Å². The molecule has 10 nitrogen and oxygen atoms in total. The molecule has 4 rings (SSSR count). The molecule has 0 aliphatic carbocycles. The molecule has 0 amide bonds. The first kappa shape index (κ1) is 25.5. The minimum atomic E-state index is -0.868. The number of esters is 2. The quantitative estimate of drug-likeness (QED) is 0.154. The Hall–Kier alpha value is -4.64. The van der Waals surface area contributed by atoms with E-state index in [0.717, 1.165) is 11.3 Å². The van der Waals surface area contributed by atoms with E-state index < -0.39 is 28.5 Å². The molecule has 1 aliphatic heterocycles. The number of hydrogen-bond donors (Lipinski definition) is 0. The van der Waals surface area contributed by atoms with Crippen molar-refractivity contribution in [1.82, 2.24) is 4.57 Å². The lowest BCUT2D eigenvalue weighted by Gasteiger charge is -2.24. The summed E-state index contributed by atoms with van der Waals surface area (Å²) in [6.45, 7) is 6.48. The maximum atomic E-state index is 13.6. The van der Waals surface area contributed by atoms with E-state index in [1.165, 1.54) is 35.8 Å². The van der Waals surface area contributed by atoms with E-state index in [1.54, 1.807) is 43.3 Å². The molecule has 0 bridgehead atoms. The highest BCUT2D eigenvalue weighted by molar-refractivity contribution is 7.07. The van der Waals surface area contributed by atoms with E-state index in [2.05, 4.69) is 11.6 Å². The zero-order chi connectivity index (χ0) is 26.7. The molecule has 0 spiro atoms. The smallest absolute Gasteiger partial charge is 0.338 e. The summed E-state index contributed by atoms with van der Waals surface area (Å²) in [4.78, 5) is 53.5. The zero-order valence-corrected chi connectivity index (χ0v) is 20.7. The number of fused-ring (bicyclic) bond motifs is 1. The van der Waals surface area contributed by atoms with Gasteiger partial charge in [0, 0.05) is 19.1 Å². The summed E-state index contributed by atoms with van der Waals surface area (Å²) in [6, 6.07) is 11.5. The molecule has 1 atom stereocenters. The van der Waals surface area contributed by atoms with Crippen LogP contribution in [-0.4, -0.2) is 28.0 Å². The van der Waals surface area contributed by atoms with Crippen LogP contribution in [0.3, 0.4) is 0 Å². The van der Waals surface area contributed by atoms with Crippen LogP contribution >= 0.6 is 11.3 Å². The molecule has 0 radical (unpaired) electrons. The van der Waals surface area contributed by atoms with Crippen molar-refractivity contribution in [3.63, 3.8) is 0 Å². The highest BCUT2D eigenvalue weighted by Gasteiger charge is 2.33. The summed E-state index contributed by atoms with van der Waals surface area (Å²) in [5, 5.41) is 11.2. The third-order valence-electron chi connectivity index (χ3n) is 5.41. The number of nitrogens with zero attached hydrogens (tertiary/aromatic N) is 3. The van der Waals surface area contributed by atoms with Crippen LogP contribution in [0.4, 0.5) is 5.69 Å². The lowest BCUT2D eigenvalue weighted by atomic mass is 9.96. The molecule has 0 saturated heterocycles. The molecule has 1 unspecified atom stereocenters. The summed E-state index contributed by atoms with van der Waals surface area (Å²) in [7, 11) is 0. The monoisotopic (exact) mass is 519 g/mol. The highest BCUT2D eigenvalue weighted by atomic mass is 32.1. The van der Waals surface area contributed by atoms with Crippen molar-refractivity contribution in [3.8, 4) is 5.75 Å². The van der Waals surface area contributed by atoms with Crippen molar-refractivity contribution < 1.29 is 24.0 Å². The molecule has 188 valence electrons. The second kappa shape index (κ2) is 10.5. The van der Waals surface area contributed by atoms with Crippen LogP contribution in [0, 0.1) is 10.1 Å². The Bertz CT molecular complexity index is 1630. The maximum absolute atomic E-state index is 13.6. The first-order chi connectivity index (χ1) is 17.7. The largest absolute Gasteiger partial charge is 0.458 e. The van der Waals surface area contributed by atoms with Crippen molar-refractivity contribution in [3.05, 3.63) is 113 Å². The van der Waals surface area contributed by atoms with Gasteiger partial charge in [-0.3, -0.25) is 24.3 Å². The fourth-order valence-electron chi connectivity index (χ4n) is 3.87. The molecule has 0 saturated carbocycles. The number of benzene rings is 2. The van der Waals surface area contributed by atoms with Gasteiger partial charge in [0.15, 0.2) is 4.80 Å². The molecule has 11 heteroatoms. The lowest BCUT2D eigenvalue weighted by molar-refractivity contribution is -0.384. The average molecular weight is 520 g/mol. The normalized spacial score (nSPS) is 15.0. The molecule has 2 aromatic carbocycles. The molecule has 1 aliphatic rings. The molecule has 0 N–H and O–H groups in total. The second-order valence-electron chi connectivity index (χ2n) is 7.98. The number of nitro benzene ring substituents is 1. The van der Waals surface area contributed by atoms with Crippen LogP contribution in [0.25, 0.3) is 6.08 Å². The van der Waals surface area contributed by atoms with Gasteiger partial charge in [-0.2, -0.15) is 0 Å². The van der Waals surface area contributed by atoms with Gasteiger partial charge in [0.05, 0.1) is 26.8 Å². The Morgan fingerprint density at radius 2 is 1.97 bits per heavy atom. The van der Waals surface area contributed by atoms with E-state index in [1.807, 2.05) is 0 Å². The second-order valence-corrected chi connectivity index (χ2v) is 8.99. The number of aromatic nitrogens is 1. The summed E-state index contributed by atoms with van der Waals surface area (Å²) < 4.78 is 12.1. The van der Waals surface area contributed by atoms with Crippen LogP contribution in [0.2, 0.25) is 0 Å². The molecular weight excluding hydrogens is 498 g/mol. The fourth-order valence-corrected chi connectivity index (χ4v) is 4.92. The van der Waals surface area contributed by atoms with E-state index in [-0.39, 0.29) is 22.4 Å². The molecular formula is C26H21N3O7S. The minimum absolute atomic E-state index is 0.0229. The van der Waals surface area contributed by atoms with Gasteiger partial charge in [0.2, 0.25) is 0 Å². The van der Waals surface area contributed by atoms with E-state index in [9.17, 15) is 24.5 Å². The van der Waals surface area contributed by atoms with Gasteiger partial charge in [0.25, 0.3) is 11.2 Å². The topological polar surface area (TPSA) is 130 Å². The van der Waals surface area contributed by atoms with Crippen LogP contribution in [-0.2, 0) is 14.3 Å². The Morgan fingerprint density at radius 3 is 2.62 bits per heavy atom. The zero-order valence-electron chi connectivity index (χ0n) is 19.9. The molecule has 37 heavy (non-hydrogen) atoms. The van der Waals surface area contributed by atoms with Gasteiger partial charge >= 0.3 is 11.9 Å². The van der Waals surface area contributed by atoms with Crippen molar-refractivity contribution in [2.75, 3.05) is 6.61 Å². The standard InChI is InChI=1S/C26H21N3O7S/c1-4-12-35-25(32)22-15(2)27-26-28(23(22)18-8-10-20(11-9-18)36-16(3)30)24(31)21(37-26)14-17-6-5-7-19(13-17)29(33)34/h4-11,13-14,23H,1,12H2,2-3H3/b21-14-. The van der Waals surface area contributed by atoms with Crippen molar-refractivity contribution in [2.24, 2.45) is 4.99 Å². The van der Waals surface area contributed by atoms with Gasteiger partial charge in [-0.25, -0.2) is 9.79 Å². The predicted molar refractivity (Wildman–Crippen MR) is 136 cm³/mol. The SMILES string of the molecule is C=CCOC(=O)C1=C(C)N=c2s/c(=C\c3cccc([N+](=O)[O-])c3)c(=O)n2C1c1ccc(OC(C)=O)cc1. The minimum Gasteiger partial charge on any atom is -0.458 e. The Balaban J connectivity index is 1.89. The predicted octanol–water partition coefficient (Wildman–Crippen LogP) is 2.80. The van der Waals surface area contributed by atoms with Gasteiger partial charge in [-0.1, -0.05) is 48.3 Å². The number of rotatable bonds is 7. The van der Waals surface area contributed by atoms with Crippen LogP contribution < -0.4 is 19.6 Å². The van der Waals surface area contributed by atoms with Crippen molar-refractivity contribution >= 4 is 35.0 Å².